The fourth-order valence-corrected chi connectivity index (χ4v) is 1.85. The minimum Gasteiger partial charge on any atom is -0.493 e. The van der Waals surface area contributed by atoms with Crippen LogP contribution in [0.15, 0.2) is 12.1 Å². The average Bonchev–Trinajstić information content (AvgIpc) is 2.44. The largest absolute Gasteiger partial charge is 0.493 e. The molecule has 1 atom stereocenters. The highest BCUT2D eigenvalue weighted by molar-refractivity contribution is 5.68. The van der Waals surface area contributed by atoms with Gasteiger partial charge in [0.05, 0.1) is 21.3 Å². The number of aliphatic carboxylic acids is 1. The van der Waals surface area contributed by atoms with E-state index in [2.05, 4.69) is 4.74 Å². The molecule has 0 fully saturated rings. The lowest BCUT2D eigenvalue weighted by Crippen LogP contribution is -2.26. The monoisotopic (exact) mass is 324 g/mol. The molecule has 1 rings (SSSR count). The van der Waals surface area contributed by atoms with Crippen LogP contribution >= 0.6 is 0 Å². The van der Waals surface area contributed by atoms with Crippen molar-refractivity contribution in [2.45, 2.75) is 12.3 Å². The molecule has 0 aliphatic heterocycles. The van der Waals surface area contributed by atoms with Crippen LogP contribution in [0.25, 0.3) is 0 Å². The molecule has 0 aromatic heterocycles. The van der Waals surface area contributed by atoms with Gasteiger partial charge in [-0.2, -0.15) is 13.2 Å². The van der Waals surface area contributed by atoms with Gasteiger partial charge in [0.25, 0.3) is 0 Å². The van der Waals surface area contributed by atoms with Crippen molar-refractivity contribution in [2.75, 3.05) is 27.9 Å². The molecular weight excluding hydrogens is 309 g/mol. The van der Waals surface area contributed by atoms with E-state index >= 15 is 0 Å². The minimum absolute atomic E-state index is 0.0457. The van der Waals surface area contributed by atoms with E-state index in [4.69, 9.17) is 19.3 Å². The predicted octanol–water partition coefficient (Wildman–Crippen LogP) is 2.42. The van der Waals surface area contributed by atoms with Gasteiger partial charge in [-0.15, -0.1) is 0 Å². The molecule has 0 bridgehead atoms. The Hall–Kier alpha value is -2.16. The Labute approximate surface area is 124 Å². The molecule has 9 heteroatoms. The van der Waals surface area contributed by atoms with Crippen molar-refractivity contribution in [3.8, 4) is 17.2 Å². The van der Waals surface area contributed by atoms with Gasteiger partial charge in [0.2, 0.25) is 5.75 Å². The zero-order chi connectivity index (χ0) is 16.9. The maximum absolute atomic E-state index is 13.1. The van der Waals surface area contributed by atoms with Gasteiger partial charge in [-0.3, -0.25) is 0 Å². The van der Waals surface area contributed by atoms with E-state index in [1.807, 2.05) is 0 Å². The predicted molar refractivity (Wildman–Crippen MR) is 68.5 cm³/mol. The average molecular weight is 324 g/mol. The molecule has 1 N–H and O–H groups in total. The van der Waals surface area contributed by atoms with Crippen molar-refractivity contribution in [3.63, 3.8) is 0 Å². The normalized spacial score (nSPS) is 12.6. The summed E-state index contributed by atoms with van der Waals surface area (Å²) in [6, 6.07) is 2.33. The topological polar surface area (TPSA) is 74.2 Å². The molecule has 124 valence electrons. The fraction of sp³-hybridized carbons (Fsp3) is 0.462. The molecule has 0 saturated carbocycles. The van der Waals surface area contributed by atoms with E-state index < -0.39 is 30.4 Å². The van der Waals surface area contributed by atoms with Crippen LogP contribution < -0.4 is 14.2 Å². The highest BCUT2D eigenvalue weighted by atomic mass is 19.4. The van der Waals surface area contributed by atoms with Crippen molar-refractivity contribution in [1.29, 1.82) is 0 Å². The van der Waals surface area contributed by atoms with Crippen molar-refractivity contribution < 1.29 is 42.0 Å². The number of carbonyl (C=O) groups is 1. The van der Waals surface area contributed by atoms with Gasteiger partial charge in [0.15, 0.2) is 17.6 Å². The summed E-state index contributed by atoms with van der Waals surface area (Å²) in [5.74, 6) is -1.64. The van der Waals surface area contributed by atoms with E-state index in [9.17, 15) is 18.0 Å². The summed E-state index contributed by atoms with van der Waals surface area (Å²) >= 11 is 0. The van der Waals surface area contributed by atoms with Crippen molar-refractivity contribution in [1.82, 2.24) is 0 Å². The lowest BCUT2D eigenvalue weighted by molar-refractivity contribution is -0.225. The molecule has 22 heavy (non-hydrogen) atoms. The molecular formula is C13H15F3O6. The molecule has 1 unspecified atom stereocenters. The molecule has 0 aliphatic rings. The Morgan fingerprint density at radius 1 is 1.14 bits per heavy atom. The van der Waals surface area contributed by atoms with Gasteiger partial charge in [-0.05, 0) is 12.1 Å². The maximum atomic E-state index is 13.1. The first kappa shape index (κ1) is 17.9. The van der Waals surface area contributed by atoms with E-state index in [0.29, 0.717) is 0 Å². The second-order valence-corrected chi connectivity index (χ2v) is 4.05. The third-order valence-electron chi connectivity index (χ3n) is 2.69. The first-order valence-electron chi connectivity index (χ1n) is 5.95. The van der Waals surface area contributed by atoms with Crippen molar-refractivity contribution >= 4 is 5.97 Å². The number of hydrogen-bond donors (Lipinski definition) is 1. The highest BCUT2D eigenvalue weighted by Gasteiger charge is 2.44. The van der Waals surface area contributed by atoms with Gasteiger partial charge < -0.3 is 24.1 Å². The van der Waals surface area contributed by atoms with Gasteiger partial charge >= 0.3 is 12.1 Å². The van der Waals surface area contributed by atoms with Gasteiger partial charge in [-0.25, -0.2) is 4.79 Å². The van der Waals surface area contributed by atoms with Crippen LogP contribution in [-0.4, -0.2) is 45.2 Å². The molecule has 0 heterocycles. The molecule has 0 spiro atoms. The quantitative estimate of drug-likeness (QED) is 0.830. The SMILES string of the molecule is COc1ccc(C(OCC(=O)O)C(F)(F)F)c(OC)c1OC. The van der Waals surface area contributed by atoms with Crippen LogP contribution in [0.3, 0.4) is 0 Å². The van der Waals surface area contributed by atoms with E-state index in [0.717, 1.165) is 13.2 Å². The van der Waals surface area contributed by atoms with Gasteiger partial charge in [0.1, 0.15) is 6.61 Å². The second-order valence-electron chi connectivity index (χ2n) is 4.05. The summed E-state index contributed by atoms with van der Waals surface area (Å²) in [7, 11) is 3.72. The Kier molecular flexibility index (Phi) is 5.86. The van der Waals surface area contributed by atoms with E-state index in [1.165, 1.54) is 20.3 Å². The highest BCUT2D eigenvalue weighted by Crippen LogP contribution is 2.47. The molecule has 0 saturated heterocycles. The number of hydrogen-bond acceptors (Lipinski definition) is 5. The Bertz CT molecular complexity index is 529. The lowest BCUT2D eigenvalue weighted by Gasteiger charge is -2.24. The standard InChI is InChI=1S/C13H15F3O6/c1-19-8-5-4-7(10(20-2)11(8)21-3)12(13(14,15)16)22-6-9(17)18/h4-5,12H,6H2,1-3H3,(H,17,18). The van der Waals surface area contributed by atoms with Gasteiger partial charge in [-0.1, -0.05) is 0 Å². The number of ether oxygens (including phenoxy) is 4. The third-order valence-corrected chi connectivity index (χ3v) is 2.69. The Balaban J connectivity index is 3.38. The summed E-state index contributed by atoms with van der Waals surface area (Å²) < 4.78 is 58.8. The smallest absolute Gasteiger partial charge is 0.419 e. The first-order chi connectivity index (χ1) is 10.3. The number of methoxy groups -OCH3 is 3. The van der Waals surface area contributed by atoms with Crippen LogP contribution in [-0.2, 0) is 9.53 Å². The summed E-state index contributed by atoms with van der Waals surface area (Å²) in [6.07, 6.45) is -7.30. The fourth-order valence-electron chi connectivity index (χ4n) is 1.85. The van der Waals surface area contributed by atoms with Gasteiger partial charge in [0, 0.05) is 5.56 Å². The second kappa shape index (κ2) is 7.21. The van der Waals surface area contributed by atoms with Crippen LogP contribution in [0, 0.1) is 0 Å². The molecule has 1 aromatic carbocycles. The molecule has 0 radical (unpaired) electrons. The minimum atomic E-state index is -4.83. The number of halogens is 3. The molecule has 1 aromatic rings. The van der Waals surface area contributed by atoms with Crippen molar-refractivity contribution in [3.05, 3.63) is 17.7 Å². The Morgan fingerprint density at radius 2 is 1.73 bits per heavy atom. The van der Waals surface area contributed by atoms with Crippen LogP contribution in [0.4, 0.5) is 13.2 Å². The lowest BCUT2D eigenvalue weighted by atomic mass is 10.1. The Morgan fingerprint density at radius 3 is 2.14 bits per heavy atom. The summed E-state index contributed by atoms with van der Waals surface area (Å²) in [5.41, 5.74) is -0.408. The zero-order valence-corrected chi connectivity index (χ0v) is 12.1. The number of rotatable bonds is 7. The number of benzene rings is 1. The third kappa shape index (κ3) is 3.94. The van der Waals surface area contributed by atoms with Crippen LogP contribution in [0.5, 0.6) is 17.2 Å². The van der Waals surface area contributed by atoms with Crippen LogP contribution in [0.2, 0.25) is 0 Å². The molecule has 0 aliphatic carbocycles. The number of carboxylic acids is 1. The molecule has 0 amide bonds. The van der Waals surface area contributed by atoms with E-state index in [-0.39, 0.29) is 17.2 Å². The zero-order valence-electron chi connectivity index (χ0n) is 12.1. The first-order valence-corrected chi connectivity index (χ1v) is 5.95. The summed E-state index contributed by atoms with van der Waals surface area (Å²) in [5, 5.41) is 8.52. The number of alkyl halides is 3. The van der Waals surface area contributed by atoms with E-state index in [1.54, 1.807) is 0 Å². The summed E-state index contributed by atoms with van der Waals surface area (Å²) in [4.78, 5) is 10.5. The van der Waals surface area contributed by atoms with Crippen LogP contribution in [0.1, 0.15) is 11.7 Å². The summed E-state index contributed by atoms with van der Waals surface area (Å²) in [6.45, 7) is -1.11. The van der Waals surface area contributed by atoms with Crippen molar-refractivity contribution in [2.24, 2.45) is 0 Å². The molecule has 6 nitrogen and oxygen atoms in total. The number of carboxylic acid groups (broad SMARTS) is 1. The maximum Gasteiger partial charge on any atom is 0.419 e.